The van der Waals surface area contributed by atoms with Crippen molar-refractivity contribution in [3.8, 4) is 0 Å². The Morgan fingerprint density at radius 1 is 0.870 bits per heavy atom. The van der Waals surface area contributed by atoms with E-state index >= 15 is 0 Å². The van der Waals surface area contributed by atoms with Gasteiger partial charge in [0.2, 0.25) is 5.95 Å². The molecule has 0 saturated carbocycles. The van der Waals surface area contributed by atoms with Gasteiger partial charge in [-0.2, -0.15) is 4.98 Å². The zero-order chi connectivity index (χ0) is 15.5. The number of nitrogens with one attached hydrogen (secondary N) is 1. The molecule has 2 aromatic heterocycles. The van der Waals surface area contributed by atoms with Crippen molar-refractivity contribution in [2.45, 2.75) is 19.6 Å². The summed E-state index contributed by atoms with van der Waals surface area (Å²) in [5, 5.41) is 3.23. The molecule has 5 nitrogen and oxygen atoms in total. The van der Waals surface area contributed by atoms with Gasteiger partial charge in [-0.05, 0) is 29.3 Å². The molecule has 1 aliphatic heterocycles. The predicted octanol–water partition coefficient (Wildman–Crippen LogP) is 3.00. The number of rotatable bonds is 4. The highest BCUT2D eigenvalue weighted by molar-refractivity contribution is 5.48. The van der Waals surface area contributed by atoms with Crippen LogP contribution in [0.3, 0.4) is 0 Å². The van der Waals surface area contributed by atoms with Crippen molar-refractivity contribution in [1.82, 2.24) is 15.0 Å². The molecular weight excluding hydrogens is 286 g/mol. The van der Waals surface area contributed by atoms with E-state index in [4.69, 9.17) is 0 Å². The van der Waals surface area contributed by atoms with E-state index in [1.807, 2.05) is 24.3 Å². The molecule has 0 unspecified atom stereocenters. The summed E-state index contributed by atoms with van der Waals surface area (Å²) in [6.07, 6.45) is 3.59. The van der Waals surface area contributed by atoms with Crippen LogP contribution in [0.25, 0.3) is 0 Å². The van der Waals surface area contributed by atoms with Gasteiger partial charge in [0.15, 0.2) is 0 Å². The van der Waals surface area contributed by atoms with Crippen LogP contribution >= 0.6 is 0 Å². The molecule has 0 spiro atoms. The molecule has 114 valence electrons. The SMILES string of the molecule is c1ccc(CNc2nccc(N3Cc4ccccc4C3)n2)nc1. The molecule has 0 atom stereocenters. The van der Waals surface area contributed by atoms with Crippen LogP contribution in [-0.2, 0) is 19.6 Å². The van der Waals surface area contributed by atoms with E-state index in [9.17, 15) is 0 Å². The average molecular weight is 303 g/mol. The van der Waals surface area contributed by atoms with E-state index in [1.165, 1.54) is 11.1 Å². The van der Waals surface area contributed by atoms with Gasteiger partial charge in [-0.3, -0.25) is 4.98 Å². The van der Waals surface area contributed by atoms with E-state index < -0.39 is 0 Å². The first kappa shape index (κ1) is 13.7. The summed E-state index contributed by atoms with van der Waals surface area (Å²) >= 11 is 0. The molecule has 1 aromatic carbocycles. The molecule has 5 heteroatoms. The topological polar surface area (TPSA) is 53.9 Å². The number of anilines is 2. The third-order valence-electron chi connectivity index (χ3n) is 3.96. The Labute approximate surface area is 135 Å². The molecular formula is C18H17N5. The maximum Gasteiger partial charge on any atom is 0.224 e. The molecule has 0 saturated heterocycles. The van der Waals surface area contributed by atoms with Crippen LogP contribution in [0.4, 0.5) is 11.8 Å². The highest BCUT2D eigenvalue weighted by Gasteiger charge is 2.19. The highest BCUT2D eigenvalue weighted by Crippen LogP contribution is 2.26. The second kappa shape index (κ2) is 6.04. The summed E-state index contributed by atoms with van der Waals surface area (Å²) in [7, 11) is 0. The Bertz CT molecular complexity index is 778. The lowest BCUT2D eigenvalue weighted by molar-refractivity contribution is 0.849. The van der Waals surface area contributed by atoms with Crippen molar-refractivity contribution in [3.05, 3.63) is 77.7 Å². The molecule has 1 N–H and O–H groups in total. The van der Waals surface area contributed by atoms with Crippen LogP contribution in [0.2, 0.25) is 0 Å². The average Bonchev–Trinajstić information content (AvgIpc) is 3.05. The quantitative estimate of drug-likeness (QED) is 0.803. The molecule has 3 heterocycles. The van der Waals surface area contributed by atoms with Crippen molar-refractivity contribution in [1.29, 1.82) is 0 Å². The van der Waals surface area contributed by atoms with Crippen molar-refractivity contribution < 1.29 is 0 Å². The lowest BCUT2D eigenvalue weighted by atomic mass is 10.1. The number of pyridine rings is 1. The number of fused-ring (bicyclic) bond motifs is 1. The van der Waals surface area contributed by atoms with Gasteiger partial charge in [-0.1, -0.05) is 30.3 Å². The van der Waals surface area contributed by atoms with Gasteiger partial charge >= 0.3 is 0 Å². The number of hydrogen-bond donors (Lipinski definition) is 1. The fourth-order valence-electron chi connectivity index (χ4n) is 2.78. The van der Waals surface area contributed by atoms with Crippen LogP contribution in [0.5, 0.6) is 0 Å². The minimum atomic E-state index is 0.616. The summed E-state index contributed by atoms with van der Waals surface area (Å²) in [5.41, 5.74) is 3.71. The van der Waals surface area contributed by atoms with Gasteiger partial charge in [-0.15, -0.1) is 0 Å². The van der Waals surface area contributed by atoms with Crippen LogP contribution in [0.15, 0.2) is 60.9 Å². The fourth-order valence-corrected chi connectivity index (χ4v) is 2.78. The normalized spacial score (nSPS) is 13.0. The summed E-state index contributed by atoms with van der Waals surface area (Å²) in [4.78, 5) is 15.5. The van der Waals surface area contributed by atoms with Crippen LogP contribution in [0, 0.1) is 0 Å². The van der Waals surface area contributed by atoms with Gasteiger partial charge in [0.1, 0.15) is 5.82 Å². The van der Waals surface area contributed by atoms with Crippen LogP contribution in [-0.4, -0.2) is 15.0 Å². The maximum atomic E-state index is 4.63. The molecule has 0 fully saturated rings. The minimum Gasteiger partial charge on any atom is -0.349 e. The fraction of sp³-hybridized carbons (Fsp3) is 0.167. The lowest BCUT2D eigenvalue weighted by Crippen LogP contribution is -2.17. The summed E-state index contributed by atoms with van der Waals surface area (Å²) < 4.78 is 0. The molecule has 23 heavy (non-hydrogen) atoms. The molecule has 0 amide bonds. The van der Waals surface area contributed by atoms with Crippen molar-refractivity contribution >= 4 is 11.8 Å². The van der Waals surface area contributed by atoms with Crippen molar-refractivity contribution in [2.75, 3.05) is 10.2 Å². The number of benzene rings is 1. The van der Waals surface area contributed by atoms with E-state index in [0.29, 0.717) is 12.5 Å². The monoisotopic (exact) mass is 303 g/mol. The predicted molar refractivity (Wildman–Crippen MR) is 89.9 cm³/mol. The first-order valence-corrected chi connectivity index (χ1v) is 7.67. The summed E-state index contributed by atoms with van der Waals surface area (Å²) in [5.74, 6) is 1.57. The number of hydrogen-bond acceptors (Lipinski definition) is 5. The molecule has 0 bridgehead atoms. The minimum absolute atomic E-state index is 0.616. The largest absolute Gasteiger partial charge is 0.349 e. The Morgan fingerprint density at radius 2 is 1.65 bits per heavy atom. The Hall–Kier alpha value is -2.95. The first-order chi connectivity index (χ1) is 11.4. The Morgan fingerprint density at radius 3 is 2.39 bits per heavy atom. The second-order valence-corrected chi connectivity index (χ2v) is 5.54. The Kier molecular flexibility index (Phi) is 3.60. The number of nitrogens with zero attached hydrogens (tertiary/aromatic N) is 4. The lowest BCUT2D eigenvalue weighted by Gasteiger charge is -2.17. The number of aromatic nitrogens is 3. The van der Waals surface area contributed by atoms with E-state index in [-0.39, 0.29) is 0 Å². The standard InChI is InChI=1S/C18H17N5/c1-2-6-15-13-23(12-14(15)5-1)17-8-10-20-18(22-17)21-11-16-7-3-4-9-19-16/h1-10H,11-13H2,(H,20,21,22). The van der Waals surface area contributed by atoms with E-state index in [1.54, 1.807) is 12.4 Å². The van der Waals surface area contributed by atoms with Crippen molar-refractivity contribution in [3.63, 3.8) is 0 Å². The van der Waals surface area contributed by atoms with Crippen LogP contribution < -0.4 is 10.2 Å². The zero-order valence-corrected chi connectivity index (χ0v) is 12.7. The van der Waals surface area contributed by atoms with Gasteiger partial charge in [0.05, 0.1) is 12.2 Å². The molecule has 0 aliphatic carbocycles. The van der Waals surface area contributed by atoms with E-state index in [0.717, 1.165) is 24.6 Å². The van der Waals surface area contributed by atoms with Crippen molar-refractivity contribution in [2.24, 2.45) is 0 Å². The third kappa shape index (κ3) is 2.99. The van der Waals surface area contributed by atoms with Crippen LogP contribution in [0.1, 0.15) is 16.8 Å². The maximum absolute atomic E-state index is 4.63. The van der Waals surface area contributed by atoms with Gasteiger partial charge in [0.25, 0.3) is 0 Å². The van der Waals surface area contributed by atoms with Gasteiger partial charge in [0, 0.05) is 25.5 Å². The third-order valence-corrected chi connectivity index (χ3v) is 3.96. The molecule has 0 radical (unpaired) electrons. The highest BCUT2D eigenvalue weighted by atomic mass is 15.2. The summed E-state index contributed by atoms with van der Waals surface area (Å²) in [6, 6.07) is 16.3. The first-order valence-electron chi connectivity index (χ1n) is 7.67. The Balaban J connectivity index is 1.47. The molecule has 1 aliphatic rings. The summed E-state index contributed by atoms with van der Waals surface area (Å²) in [6.45, 7) is 2.41. The molecule has 3 aromatic rings. The second-order valence-electron chi connectivity index (χ2n) is 5.54. The zero-order valence-electron chi connectivity index (χ0n) is 12.7. The van der Waals surface area contributed by atoms with Gasteiger partial charge < -0.3 is 10.2 Å². The van der Waals surface area contributed by atoms with Gasteiger partial charge in [-0.25, -0.2) is 4.98 Å². The molecule has 4 rings (SSSR count). The van der Waals surface area contributed by atoms with E-state index in [2.05, 4.69) is 49.4 Å². The smallest absolute Gasteiger partial charge is 0.224 e.